The third kappa shape index (κ3) is 3.58. The van der Waals surface area contributed by atoms with Gasteiger partial charge in [0, 0.05) is 43.5 Å². The number of aromatic nitrogens is 2. The van der Waals surface area contributed by atoms with E-state index in [0.29, 0.717) is 5.65 Å². The summed E-state index contributed by atoms with van der Waals surface area (Å²) in [7, 11) is -0.574. The number of allylic oxidation sites excluding steroid dienone is 1. The molecule has 0 unspecified atom stereocenters. The molecule has 0 aliphatic carbocycles. The maximum atomic E-state index is 14.2. The van der Waals surface area contributed by atoms with Crippen LogP contribution in [-0.2, 0) is 16.6 Å². The van der Waals surface area contributed by atoms with Gasteiger partial charge in [-0.25, -0.2) is 22.1 Å². The number of pyridine rings is 1. The third-order valence-corrected chi connectivity index (χ3v) is 6.44. The highest BCUT2D eigenvalue weighted by Gasteiger charge is 2.21. The maximum Gasteiger partial charge on any atom is 0.242 e. The van der Waals surface area contributed by atoms with Gasteiger partial charge in [0.25, 0.3) is 0 Å². The van der Waals surface area contributed by atoms with Gasteiger partial charge in [-0.05, 0) is 42.8 Å². The van der Waals surface area contributed by atoms with E-state index in [9.17, 15) is 12.8 Å². The van der Waals surface area contributed by atoms with Gasteiger partial charge in [-0.2, -0.15) is 0 Å². The fourth-order valence-electron chi connectivity index (χ4n) is 3.22. The van der Waals surface area contributed by atoms with E-state index in [0.717, 1.165) is 22.2 Å². The van der Waals surface area contributed by atoms with Crippen LogP contribution in [0, 0.1) is 6.92 Å². The number of rotatable bonds is 6. The second kappa shape index (κ2) is 7.83. The molecule has 0 spiro atoms. The molecule has 0 radical (unpaired) electrons. The Morgan fingerprint density at radius 1 is 1.29 bits per heavy atom. The minimum atomic E-state index is -3.57. The SMILES string of the molecule is Cc1c(-c2cccc(S(=O)(=O)N(C)C)c2)c2cccnc2n1CC(F)=CCN. The van der Waals surface area contributed by atoms with Crippen LogP contribution in [0.5, 0.6) is 0 Å². The maximum absolute atomic E-state index is 14.2. The predicted octanol–water partition coefficient (Wildman–Crippen LogP) is 3.07. The van der Waals surface area contributed by atoms with E-state index >= 15 is 0 Å². The van der Waals surface area contributed by atoms with Gasteiger partial charge in [0.1, 0.15) is 11.5 Å². The van der Waals surface area contributed by atoms with E-state index < -0.39 is 10.0 Å². The van der Waals surface area contributed by atoms with Gasteiger partial charge in [0.05, 0.1) is 11.4 Å². The lowest BCUT2D eigenvalue weighted by Gasteiger charge is -2.12. The van der Waals surface area contributed by atoms with E-state index in [2.05, 4.69) is 4.98 Å². The molecule has 0 atom stereocenters. The van der Waals surface area contributed by atoms with Crippen molar-refractivity contribution in [2.45, 2.75) is 18.4 Å². The first kappa shape index (κ1) is 20.2. The first-order chi connectivity index (χ1) is 13.3. The molecule has 148 valence electrons. The average Bonchev–Trinajstić information content (AvgIpc) is 2.94. The van der Waals surface area contributed by atoms with Crippen LogP contribution in [0.15, 0.2) is 59.4 Å². The van der Waals surface area contributed by atoms with Crippen molar-refractivity contribution in [2.75, 3.05) is 20.6 Å². The summed E-state index contributed by atoms with van der Waals surface area (Å²) in [5, 5.41) is 0.833. The highest BCUT2D eigenvalue weighted by molar-refractivity contribution is 7.89. The van der Waals surface area contributed by atoms with Crippen molar-refractivity contribution in [3.8, 4) is 11.1 Å². The quantitative estimate of drug-likeness (QED) is 0.687. The Hall–Kier alpha value is -2.55. The van der Waals surface area contributed by atoms with Crippen LogP contribution in [-0.4, -0.2) is 42.9 Å². The summed E-state index contributed by atoms with van der Waals surface area (Å²) in [5.41, 5.74) is 8.41. The molecule has 0 aliphatic rings. The van der Waals surface area contributed by atoms with Crippen molar-refractivity contribution in [1.82, 2.24) is 13.9 Å². The highest BCUT2D eigenvalue weighted by Crippen LogP contribution is 2.35. The van der Waals surface area contributed by atoms with Crippen LogP contribution in [0.4, 0.5) is 4.39 Å². The lowest BCUT2D eigenvalue weighted by Crippen LogP contribution is -2.22. The van der Waals surface area contributed by atoms with Gasteiger partial charge < -0.3 is 10.3 Å². The Balaban J connectivity index is 2.23. The van der Waals surface area contributed by atoms with Crippen molar-refractivity contribution < 1.29 is 12.8 Å². The predicted molar refractivity (Wildman–Crippen MR) is 109 cm³/mol. The number of hydrogen-bond donors (Lipinski definition) is 1. The zero-order valence-electron chi connectivity index (χ0n) is 16.1. The fraction of sp³-hybridized carbons (Fsp3) is 0.250. The van der Waals surface area contributed by atoms with Gasteiger partial charge in [0.15, 0.2) is 0 Å². The molecule has 0 saturated heterocycles. The summed E-state index contributed by atoms with van der Waals surface area (Å²) in [6.45, 7) is 2.01. The Bertz CT molecular complexity index is 1150. The van der Waals surface area contributed by atoms with Crippen LogP contribution in [0.2, 0.25) is 0 Å². The van der Waals surface area contributed by atoms with Gasteiger partial charge in [-0.3, -0.25) is 0 Å². The summed E-state index contributed by atoms with van der Waals surface area (Å²) >= 11 is 0. The molecule has 0 bridgehead atoms. The second-order valence-corrected chi connectivity index (χ2v) is 8.77. The highest BCUT2D eigenvalue weighted by atomic mass is 32.2. The molecule has 6 nitrogen and oxygen atoms in total. The molecule has 3 rings (SSSR count). The average molecular weight is 402 g/mol. The van der Waals surface area contributed by atoms with Crippen molar-refractivity contribution in [3.05, 3.63) is 60.2 Å². The molecule has 2 aromatic heterocycles. The zero-order chi connectivity index (χ0) is 20.5. The zero-order valence-corrected chi connectivity index (χ0v) is 16.9. The van der Waals surface area contributed by atoms with E-state index in [1.54, 1.807) is 29.0 Å². The van der Waals surface area contributed by atoms with Crippen LogP contribution in [0.25, 0.3) is 22.2 Å². The summed E-state index contributed by atoms with van der Waals surface area (Å²) in [5.74, 6) is -0.344. The minimum Gasteiger partial charge on any atom is -0.327 e. The monoisotopic (exact) mass is 402 g/mol. The number of benzene rings is 1. The largest absolute Gasteiger partial charge is 0.327 e. The molecule has 0 saturated carbocycles. The van der Waals surface area contributed by atoms with Gasteiger partial charge in [0.2, 0.25) is 10.0 Å². The Labute approximate surface area is 164 Å². The minimum absolute atomic E-state index is 0.0201. The topological polar surface area (TPSA) is 81.2 Å². The number of hydrogen-bond acceptors (Lipinski definition) is 4. The Morgan fingerprint density at radius 3 is 2.71 bits per heavy atom. The standard InChI is InChI=1S/C20H23FN4O2S/c1-14-19(15-6-4-7-17(12-15)28(26,27)24(2)3)18-8-5-11-23-20(18)25(14)13-16(21)9-10-22/h4-9,11-12H,10,13,22H2,1-3H3. The molecular weight excluding hydrogens is 379 g/mol. The van der Waals surface area contributed by atoms with Gasteiger partial charge in [-0.1, -0.05) is 12.1 Å². The Kier molecular flexibility index (Phi) is 5.64. The van der Waals surface area contributed by atoms with E-state index in [4.69, 9.17) is 5.73 Å². The normalized spacial score (nSPS) is 12.9. The Morgan fingerprint density at radius 2 is 2.04 bits per heavy atom. The summed E-state index contributed by atoms with van der Waals surface area (Å²) in [6, 6.07) is 10.5. The molecule has 3 aromatic rings. The van der Waals surface area contributed by atoms with Crippen molar-refractivity contribution in [1.29, 1.82) is 0 Å². The van der Waals surface area contributed by atoms with Crippen molar-refractivity contribution in [3.63, 3.8) is 0 Å². The lowest BCUT2D eigenvalue weighted by molar-refractivity contribution is 0.521. The first-order valence-corrected chi connectivity index (χ1v) is 10.2. The molecule has 2 N–H and O–H groups in total. The number of sulfonamides is 1. The molecule has 28 heavy (non-hydrogen) atoms. The summed E-state index contributed by atoms with van der Waals surface area (Å²) in [6.07, 6.45) is 2.98. The van der Waals surface area contributed by atoms with E-state index in [1.165, 1.54) is 24.5 Å². The smallest absolute Gasteiger partial charge is 0.242 e. The second-order valence-electron chi connectivity index (χ2n) is 6.62. The lowest BCUT2D eigenvalue weighted by atomic mass is 10.0. The van der Waals surface area contributed by atoms with E-state index in [-0.39, 0.29) is 23.8 Å². The van der Waals surface area contributed by atoms with Crippen LogP contribution >= 0.6 is 0 Å². The van der Waals surface area contributed by atoms with Crippen LogP contribution in [0.1, 0.15) is 5.69 Å². The number of halogens is 1. The number of nitrogens with zero attached hydrogens (tertiary/aromatic N) is 3. The first-order valence-electron chi connectivity index (χ1n) is 8.78. The fourth-order valence-corrected chi connectivity index (χ4v) is 4.17. The number of fused-ring (bicyclic) bond motifs is 1. The van der Waals surface area contributed by atoms with Crippen LogP contribution in [0.3, 0.4) is 0 Å². The molecule has 0 amide bonds. The van der Waals surface area contributed by atoms with E-state index in [1.807, 2.05) is 25.1 Å². The molecule has 1 aromatic carbocycles. The summed E-state index contributed by atoms with van der Waals surface area (Å²) in [4.78, 5) is 4.61. The number of nitrogens with two attached hydrogens (primary N) is 1. The summed E-state index contributed by atoms with van der Waals surface area (Å²) < 4.78 is 42.2. The molecule has 0 fully saturated rings. The van der Waals surface area contributed by atoms with Crippen molar-refractivity contribution >= 4 is 21.1 Å². The molecule has 8 heteroatoms. The molecular formula is C20H23FN4O2S. The molecule has 2 heterocycles. The van der Waals surface area contributed by atoms with Gasteiger partial charge in [-0.15, -0.1) is 0 Å². The van der Waals surface area contributed by atoms with Crippen LogP contribution < -0.4 is 5.73 Å². The molecule has 0 aliphatic heterocycles. The third-order valence-electron chi connectivity index (χ3n) is 4.63. The van der Waals surface area contributed by atoms with Crippen molar-refractivity contribution in [2.24, 2.45) is 5.73 Å². The van der Waals surface area contributed by atoms with Gasteiger partial charge >= 0.3 is 0 Å².